The normalized spacial score (nSPS) is 12.6. The largest absolute Gasteiger partial charge is 0.497 e. The van der Waals surface area contributed by atoms with E-state index in [9.17, 15) is 4.39 Å². The smallest absolute Gasteiger partial charge is 0.130 e. The second-order valence-electron chi connectivity index (χ2n) is 3.47. The van der Waals surface area contributed by atoms with Crippen LogP contribution in [0.1, 0.15) is 18.9 Å². The molecular weight excluding hydrogens is 181 g/mol. The van der Waals surface area contributed by atoms with Gasteiger partial charge < -0.3 is 10.5 Å². The molecule has 0 aliphatic carbocycles. The summed E-state index contributed by atoms with van der Waals surface area (Å²) in [6.07, 6.45) is 1.47. The van der Waals surface area contributed by atoms with Crippen molar-refractivity contribution in [3.05, 3.63) is 29.6 Å². The van der Waals surface area contributed by atoms with E-state index in [2.05, 4.69) is 0 Å². The molecule has 0 amide bonds. The lowest BCUT2D eigenvalue weighted by atomic mass is 10.1. The average Bonchev–Trinajstić information content (AvgIpc) is 2.15. The van der Waals surface area contributed by atoms with Crippen LogP contribution in [0, 0.1) is 5.82 Å². The van der Waals surface area contributed by atoms with Gasteiger partial charge in [-0.05, 0) is 31.4 Å². The quantitative estimate of drug-likeness (QED) is 0.802. The van der Waals surface area contributed by atoms with Gasteiger partial charge in [0.2, 0.25) is 0 Å². The monoisotopic (exact) mass is 197 g/mol. The first-order valence-electron chi connectivity index (χ1n) is 4.71. The average molecular weight is 197 g/mol. The van der Waals surface area contributed by atoms with Gasteiger partial charge in [-0.1, -0.05) is 6.07 Å². The number of nitrogens with two attached hydrogens (primary N) is 1. The van der Waals surface area contributed by atoms with Crippen molar-refractivity contribution in [1.29, 1.82) is 0 Å². The van der Waals surface area contributed by atoms with Crippen LogP contribution in [0.25, 0.3) is 0 Å². The van der Waals surface area contributed by atoms with Crippen molar-refractivity contribution in [3.63, 3.8) is 0 Å². The Hall–Kier alpha value is -1.09. The van der Waals surface area contributed by atoms with Gasteiger partial charge in [0.1, 0.15) is 11.6 Å². The van der Waals surface area contributed by atoms with E-state index in [1.54, 1.807) is 12.1 Å². The predicted octanol–water partition coefficient (Wildman–Crippen LogP) is 2.11. The van der Waals surface area contributed by atoms with Crippen LogP contribution in [0.4, 0.5) is 4.39 Å². The highest BCUT2D eigenvalue weighted by atomic mass is 19.1. The van der Waals surface area contributed by atoms with Gasteiger partial charge in [-0.3, -0.25) is 0 Å². The minimum atomic E-state index is -0.218. The Morgan fingerprint density at radius 1 is 1.50 bits per heavy atom. The molecule has 0 saturated carbocycles. The fourth-order valence-electron chi connectivity index (χ4n) is 1.24. The molecule has 0 aliphatic heterocycles. The van der Waals surface area contributed by atoms with Crippen LogP contribution in [0.2, 0.25) is 0 Å². The Kier molecular flexibility index (Phi) is 3.89. The molecule has 0 radical (unpaired) electrons. The van der Waals surface area contributed by atoms with Gasteiger partial charge in [-0.25, -0.2) is 4.39 Å². The Bertz CT molecular complexity index is 299. The van der Waals surface area contributed by atoms with E-state index < -0.39 is 0 Å². The minimum absolute atomic E-state index is 0.108. The van der Waals surface area contributed by atoms with Crippen LogP contribution in [0.3, 0.4) is 0 Å². The first-order chi connectivity index (χ1) is 6.63. The highest BCUT2D eigenvalue weighted by Crippen LogP contribution is 2.17. The summed E-state index contributed by atoms with van der Waals surface area (Å²) >= 11 is 0. The van der Waals surface area contributed by atoms with Gasteiger partial charge in [-0.15, -0.1) is 0 Å². The molecule has 0 aromatic heterocycles. The molecule has 2 N–H and O–H groups in total. The van der Waals surface area contributed by atoms with E-state index >= 15 is 0 Å². The number of benzene rings is 1. The molecule has 1 atom stereocenters. The molecule has 14 heavy (non-hydrogen) atoms. The van der Waals surface area contributed by atoms with Crippen LogP contribution in [0.5, 0.6) is 5.75 Å². The summed E-state index contributed by atoms with van der Waals surface area (Å²) in [5, 5.41) is 0. The molecule has 78 valence electrons. The molecule has 0 fully saturated rings. The molecule has 0 bridgehead atoms. The lowest BCUT2D eigenvalue weighted by Crippen LogP contribution is -2.15. The molecule has 2 nitrogen and oxygen atoms in total. The van der Waals surface area contributed by atoms with E-state index in [1.807, 2.05) is 6.92 Å². The second kappa shape index (κ2) is 4.96. The summed E-state index contributed by atoms with van der Waals surface area (Å²) < 4.78 is 18.3. The molecule has 0 spiro atoms. The van der Waals surface area contributed by atoms with Crippen LogP contribution in [-0.4, -0.2) is 13.2 Å². The number of ether oxygens (including phenoxy) is 1. The van der Waals surface area contributed by atoms with E-state index in [4.69, 9.17) is 10.5 Å². The summed E-state index contributed by atoms with van der Waals surface area (Å²) in [5.74, 6) is 0.331. The van der Waals surface area contributed by atoms with E-state index in [0.717, 1.165) is 6.42 Å². The Balaban J connectivity index is 2.69. The Morgan fingerprint density at radius 2 is 2.21 bits per heavy atom. The number of rotatable bonds is 4. The molecule has 0 aliphatic rings. The van der Waals surface area contributed by atoms with Crippen molar-refractivity contribution in [2.75, 3.05) is 7.11 Å². The fraction of sp³-hybridized carbons (Fsp3) is 0.455. The second-order valence-corrected chi connectivity index (χ2v) is 3.47. The molecular formula is C11H16FNO. The van der Waals surface area contributed by atoms with Gasteiger partial charge in [0.25, 0.3) is 0 Å². The molecule has 1 rings (SSSR count). The lowest BCUT2D eigenvalue weighted by Gasteiger charge is -2.07. The molecule has 1 aromatic rings. The third-order valence-electron chi connectivity index (χ3n) is 2.13. The summed E-state index contributed by atoms with van der Waals surface area (Å²) in [6.45, 7) is 1.92. The number of aryl methyl sites for hydroxylation is 1. The zero-order valence-electron chi connectivity index (χ0n) is 8.59. The topological polar surface area (TPSA) is 35.2 Å². The summed E-state index contributed by atoms with van der Waals surface area (Å²) in [5.41, 5.74) is 6.30. The third kappa shape index (κ3) is 3.00. The van der Waals surface area contributed by atoms with E-state index in [1.165, 1.54) is 13.2 Å². The zero-order valence-corrected chi connectivity index (χ0v) is 8.59. The molecule has 3 heteroatoms. The summed E-state index contributed by atoms with van der Waals surface area (Å²) in [6, 6.07) is 5.02. The zero-order chi connectivity index (χ0) is 10.6. The predicted molar refractivity (Wildman–Crippen MR) is 54.9 cm³/mol. The standard InChI is InChI=1S/C11H16FNO/c1-8(13)3-4-9-5-6-10(14-2)7-11(9)12/h5-8H,3-4,13H2,1-2H3/t8-/m0/s1. The first kappa shape index (κ1) is 11.0. The van der Waals surface area contributed by atoms with Crippen LogP contribution in [-0.2, 0) is 6.42 Å². The molecule has 0 saturated heterocycles. The van der Waals surface area contributed by atoms with Crippen LogP contribution in [0.15, 0.2) is 18.2 Å². The van der Waals surface area contributed by atoms with Gasteiger partial charge in [0.05, 0.1) is 7.11 Å². The summed E-state index contributed by atoms with van der Waals surface area (Å²) in [4.78, 5) is 0. The lowest BCUT2D eigenvalue weighted by molar-refractivity contribution is 0.410. The maximum Gasteiger partial charge on any atom is 0.130 e. The van der Waals surface area contributed by atoms with Crippen LogP contribution < -0.4 is 10.5 Å². The molecule has 1 aromatic carbocycles. The van der Waals surface area contributed by atoms with Crippen molar-refractivity contribution in [2.45, 2.75) is 25.8 Å². The van der Waals surface area contributed by atoms with Gasteiger partial charge in [-0.2, -0.15) is 0 Å². The SMILES string of the molecule is COc1ccc(CC[C@H](C)N)c(F)c1. The third-order valence-corrected chi connectivity index (χ3v) is 2.13. The maximum absolute atomic E-state index is 13.4. The number of hydrogen-bond donors (Lipinski definition) is 1. The number of hydrogen-bond acceptors (Lipinski definition) is 2. The van der Waals surface area contributed by atoms with Crippen molar-refractivity contribution < 1.29 is 9.13 Å². The highest BCUT2D eigenvalue weighted by molar-refractivity contribution is 5.28. The molecule has 0 unspecified atom stereocenters. The summed E-state index contributed by atoms with van der Waals surface area (Å²) in [7, 11) is 1.52. The van der Waals surface area contributed by atoms with Crippen molar-refractivity contribution in [2.24, 2.45) is 5.73 Å². The van der Waals surface area contributed by atoms with Gasteiger partial charge in [0.15, 0.2) is 0 Å². The van der Waals surface area contributed by atoms with Crippen molar-refractivity contribution in [1.82, 2.24) is 0 Å². The first-order valence-corrected chi connectivity index (χ1v) is 4.71. The Morgan fingerprint density at radius 3 is 2.71 bits per heavy atom. The van der Waals surface area contributed by atoms with Crippen molar-refractivity contribution in [3.8, 4) is 5.75 Å². The minimum Gasteiger partial charge on any atom is -0.497 e. The fourth-order valence-corrected chi connectivity index (χ4v) is 1.24. The number of methoxy groups -OCH3 is 1. The van der Waals surface area contributed by atoms with Crippen molar-refractivity contribution >= 4 is 0 Å². The molecule has 0 heterocycles. The highest BCUT2D eigenvalue weighted by Gasteiger charge is 2.04. The van der Waals surface area contributed by atoms with Gasteiger partial charge >= 0.3 is 0 Å². The van der Waals surface area contributed by atoms with E-state index in [-0.39, 0.29) is 11.9 Å². The van der Waals surface area contributed by atoms with E-state index in [0.29, 0.717) is 17.7 Å². The Labute approximate surface area is 83.9 Å². The maximum atomic E-state index is 13.4. The van der Waals surface area contributed by atoms with Crippen LogP contribution >= 0.6 is 0 Å². The van der Waals surface area contributed by atoms with Gasteiger partial charge in [0, 0.05) is 12.1 Å². The number of halogens is 1.